The molecule has 2 N–H and O–H groups in total. The smallest absolute Gasteiger partial charge is 0.211 e. The molecule has 6 heteroatoms. The summed E-state index contributed by atoms with van der Waals surface area (Å²) in [6.45, 7) is 5.54. The summed E-state index contributed by atoms with van der Waals surface area (Å²) in [7, 11) is 0.998. The van der Waals surface area contributed by atoms with Gasteiger partial charge < -0.3 is 10.6 Å². The zero-order valence-corrected chi connectivity index (χ0v) is 13.7. The monoisotopic (exact) mass is 291 g/mol. The largest absolute Gasteiger partial charge is 0.326 e. The normalized spacial score (nSPS) is 24.7. The fourth-order valence-corrected chi connectivity index (χ4v) is 3.44. The van der Waals surface area contributed by atoms with Crippen molar-refractivity contribution >= 4 is 10.0 Å². The van der Waals surface area contributed by atoms with Crippen LogP contribution in [-0.4, -0.2) is 62.6 Å². The fraction of sp³-hybridized carbons (Fsp3) is 1.00. The highest BCUT2D eigenvalue weighted by molar-refractivity contribution is 7.88. The molecule has 0 spiro atoms. The van der Waals surface area contributed by atoms with Crippen molar-refractivity contribution < 1.29 is 8.42 Å². The average Bonchev–Trinajstić information content (AvgIpc) is 2.27. The number of hydrogen-bond acceptors (Lipinski definition) is 4. The van der Waals surface area contributed by atoms with Crippen LogP contribution >= 0.6 is 0 Å². The molecule has 0 amide bonds. The van der Waals surface area contributed by atoms with E-state index in [2.05, 4.69) is 18.7 Å². The van der Waals surface area contributed by atoms with E-state index in [4.69, 9.17) is 5.73 Å². The topological polar surface area (TPSA) is 66.6 Å². The first-order valence-electron chi connectivity index (χ1n) is 6.93. The average molecular weight is 291 g/mol. The Labute approximate surface area is 118 Å². The first-order valence-corrected chi connectivity index (χ1v) is 8.78. The van der Waals surface area contributed by atoms with E-state index < -0.39 is 10.0 Å². The lowest BCUT2D eigenvalue weighted by molar-refractivity contribution is 0.131. The molecule has 0 aromatic heterocycles. The Balaban J connectivity index is 2.63. The van der Waals surface area contributed by atoms with Crippen molar-refractivity contribution in [1.82, 2.24) is 9.21 Å². The van der Waals surface area contributed by atoms with Gasteiger partial charge in [-0.15, -0.1) is 0 Å². The third-order valence-electron chi connectivity index (χ3n) is 4.60. The summed E-state index contributed by atoms with van der Waals surface area (Å²) in [4.78, 5) is 2.13. The van der Waals surface area contributed by atoms with Crippen LogP contribution in [0.3, 0.4) is 0 Å². The number of nitrogens with zero attached hydrogens (tertiary/aromatic N) is 2. The fourth-order valence-electron chi connectivity index (χ4n) is 2.50. The molecule has 1 heterocycles. The van der Waals surface area contributed by atoms with Crippen molar-refractivity contribution in [1.29, 1.82) is 0 Å². The zero-order chi connectivity index (χ0) is 14.8. The van der Waals surface area contributed by atoms with Crippen LogP contribution in [0.25, 0.3) is 0 Å². The van der Waals surface area contributed by atoms with E-state index >= 15 is 0 Å². The standard InChI is InChI=1S/C13H29N3O2S/c1-13(2,15(3)4)12(14)9-11-7-6-8-16(10-11)19(5,17)18/h11-12H,6-10,14H2,1-5H3. The zero-order valence-electron chi connectivity index (χ0n) is 12.9. The highest BCUT2D eigenvalue weighted by Crippen LogP contribution is 2.26. The lowest BCUT2D eigenvalue weighted by Gasteiger charge is -2.41. The molecule has 0 aliphatic carbocycles. The Morgan fingerprint density at radius 3 is 2.47 bits per heavy atom. The Morgan fingerprint density at radius 2 is 2.00 bits per heavy atom. The Kier molecular flexibility index (Phi) is 5.40. The van der Waals surface area contributed by atoms with Gasteiger partial charge in [0.05, 0.1) is 6.26 Å². The van der Waals surface area contributed by atoms with Gasteiger partial charge in [0, 0.05) is 24.7 Å². The third kappa shape index (κ3) is 4.41. The van der Waals surface area contributed by atoms with Crippen LogP contribution in [0.15, 0.2) is 0 Å². The molecule has 2 unspecified atom stereocenters. The van der Waals surface area contributed by atoms with Gasteiger partial charge in [-0.2, -0.15) is 0 Å². The van der Waals surface area contributed by atoms with Crippen LogP contribution in [0, 0.1) is 5.92 Å². The van der Waals surface area contributed by atoms with Crippen LogP contribution in [0.5, 0.6) is 0 Å². The van der Waals surface area contributed by atoms with Crippen molar-refractivity contribution in [2.24, 2.45) is 11.7 Å². The van der Waals surface area contributed by atoms with E-state index in [9.17, 15) is 8.42 Å². The third-order valence-corrected chi connectivity index (χ3v) is 5.87. The summed E-state index contributed by atoms with van der Waals surface area (Å²) in [6, 6.07) is 0.0482. The first kappa shape index (κ1) is 16.9. The van der Waals surface area contributed by atoms with Crippen LogP contribution in [0.2, 0.25) is 0 Å². The molecule has 1 aliphatic rings. The molecular weight excluding hydrogens is 262 g/mol. The molecule has 1 rings (SSSR count). The summed E-state index contributed by atoms with van der Waals surface area (Å²) in [5, 5.41) is 0. The van der Waals surface area contributed by atoms with Crippen LogP contribution in [0.1, 0.15) is 33.1 Å². The highest BCUT2D eigenvalue weighted by atomic mass is 32.2. The minimum atomic E-state index is -3.06. The summed E-state index contributed by atoms with van der Waals surface area (Å²) in [5.74, 6) is 0.373. The molecule has 0 saturated carbocycles. The second-order valence-corrected chi connectivity index (χ2v) is 8.50. The van der Waals surface area contributed by atoms with Crippen molar-refractivity contribution in [3.63, 3.8) is 0 Å². The lowest BCUT2D eigenvalue weighted by atomic mass is 9.84. The number of sulfonamides is 1. The van der Waals surface area contributed by atoms with Gasteiger partial charge in [0.2, 0.25) is 10.0 Å². The van der Waals surface area contributed by atoms with Gasteiger partial charge in [0.25, 0.3) is 0 Å². The summed E-state index contributed by atoms with van der Waals surface area (Å²) in [5.41, 5.74) is 6.25. The number of likely N-dealkylation sites (N-methyl/N-ethyl adjacent to an activating group) is 1. The summed E-state index contributed by atoms with van der Waals surface area (Å²) in [6.07, 6.45) is 4.17. The molecule has 1 saturated heterocycles. The molecule has 1 fully saturated rings. The van der Waals surface area contributed by atoms with E-state index in [0.717, 1.165) is 19.3 Å². The predicted octanol–water partition coefficient (Wildman–Crippen LogP) is 0.716. The number of hydrogen-bond donors (Lipinski definition) is 1. The minimum Gasteiger partial charge on any atom is -0.326 e. The number of nitrogens with two attached hydrogens (primary N) is 1. The van der Waals surface area contributed by atoms with Crippen molar-refractivity contribution in [2.45, 2.75) is 44.7 Å². The molecule has 2 atom stereocenters. The van der Waals surface area contributed by atoms with Gasteiger partial charge >= 0.3 is 0 Å². The minimum absolute atomic E-state index is 0.0482. The molecule has 0 aromatic carbocycles. The quantitative estimate of drug-likeness (QED) is 0.810. The molecule has 0 aromatic rings. The number of piperidine rings is 1. The molecule has 0 bridgehead atoms. The van der Waals surface area contributed by atoms with Gasteiger partial charge in [-0.05, 0) is 53.1 Å². The maximum atomic E-state index is 11.6. The van der Waals surface area contributed by atoms with E-state index in [-0.39, 0.29) is 11.6 Å². The molecule has 114 valence electrons. The van der Waals surface area contributed by atoms with E-state index in [1.165, 1.54) is 6.26 Å². The van der Waals surface area contributed by atoms with Gasteiger partial charge in [-0.3, -0.25) is 0 Å². The van der Waals surface area contributed by atoms with Crippen LogP contribution in [-0.2, 0) is 10.0 Å². The second-order valence-electron chi connectivity index (χ2n) is 6.52. The van der Waals surface area contributed by atoms with Crippen molar-refractivity contribution in [2.75, 3.05) is 33.4 Å². The van der Waals surface area contributed by atoms with Crippen LogP contribution in [0.4, 0.5) is 0 Å². The second kappa shape index (κ2) is 6.08. The highest BCUT2D eigenvalue weighted by Gasteiger charge is 2.33. The van der Waals surface area contributed by atoms with Crippen LogP contribution < -0.4 is 5.73 Å². The summed E-state index contributed by atoms with van der Waals surface area (Å²) < 4.78 is 24.8. The SMILES string of the molecule is CN(C)C(C)(C)C(N)CC1CCCN(S(C)(=O)=O)C1. The number of rotatable bonds is 5. The molecular formula is C13H29N3O2S. The van der Waals surface area contributed by atoms with Gasteiger partial charge in [0.1, 0.15) is 0 Å². The van der Waals surface area contributed by atoms with E-state index in [1.807, 2.05) is 14.1 Å². The van der Waals surface area contributed by atoms with Crippen molar-refractivity contribution in [3.05, 3.63) is 0 Å². The van der Waals surface area contributed by atoms with Gasteiger partial charge in [-0.1, -0.05) is 0 Å². The van der Waals surface area contributed by atoms with Gasteiger partial charge in [-0.25, -0.2) is 12.7 Å². The maximum Gasteiger partial charge on any atom is 0.211 e. The maximum absolute atomic E-state index is 11.6. The predicted molar refractivity (Wildman–Crippen MR) is 79.5 cm³/mol. The van der Waals surface area contributed by atoms with E-state index in [1.54, 1.807) is 4.31 Å². The lowest BCUT2D eigenvalue weighted by Crippen LogP contribution is -2.54. The molecule has 19 heavy (non-hydrogen) atoms. The van der Waals surface area contributed by atoms with Crippen molar-refractivity contribution in [3.8, 4) is 0 Å². The Bertz CT molecular complexity index is 393. The molecule has 0 radical (unpaired) electrons. The Hall–Kier alpha value is -0.170. The van der Waals surface area contributed by atoms with Gasteiger partial charge in [0.15, 0.2) is 0 Å². The molecule has 1 aliphatic heterocycles. The molecule has 5 nitrogen and oxygen atoms in total. The summed E-state index contributed by atoms with van der Waals surface area (Å²) >= 11 is 0. The Morgan fingerprint density at radius 1 is 1.42 bits per heavy atom. The van der Waals surface area contributed by atoms with E-state index in [0.29, 0.717) is 19.0 Å². The first-order chi connectivity index (χ1) is 8.55.